The lowest BCUT2D eigenvalue weighted by Gasteiger charge is -2.48. The molecular formula is C25H32ClF3N4O3S. The molecule has 7 nitrogen and oxygen atoms in total. The van der Waals surface area contributed by atoms with E-state index in [1.54, 1.807) is 41.5 Å². The van der Waals surface area contributed by atoms with Crippen molar-refractivity contribution in [2.24, 2.45) is 11.3 Å². The van der Waals surface area contributed by atoms with Crippen molar-refractivity contribution in [1.82, 2.24) is 19.2 Å². The van der Waals surface area contributed by atoms with Crippen molar-refractivity contribution < 1.29 is 26.4 Å². The summed E-state index contributed by atoms with van der Waals surface area (Å²) in [6.07, 6.45) is 12.4. The predicted octanol–water partition coefficient (Wildman–Crippen LogP) is 4.78. The predicted molar refractivity (Wildman–Crippen MR) is 134 cm³/mol. The van der Waals surface area contributed by atoms with Crippen molar-refractivity contribution in [3.05, 3.63) is 53.6 Å². The Labute approximate surface area is 220 Å². The zero-order valence-corrected chi connectivity index (χ0v) is 22.0. The van der Waals surface area contributed by atoms with Gasteiger partial charge < -0.3 is 9.47 Å². The minimum absolute atomic E-state index is 0.0466. The lowest BCUT2D eigenvalue weighted by Crippen LogP contribution is -2.55. The number of aromatic nitrogens is 2. The van der Waals surface area contributed by atoms with E-state index in [-0.39, 0.29) is 11.8 Å². The van der Waals surface area contributed by atoms with Crippen molar-refractivity contribution in [3.8, 4) is 0 Å². The molecule has 1 amide bonds. The zero-order valence-electron chi connectivity index (χ0n) is 20.5. The van der Waals surface area contributed by atoms with Crippen molar-refractivity contribution in [2.45, 2.75) is 69.5 Å². The molecule has 204 valence electrons. The van der Waals surface area contributed by atoms with Crippen LogP contribution in [0.3, 0.4) is 0 Å². The van der Waals surface area contributed by atoms with E-state index >= 15 is 0 Å². The number of likely N-dealkylation sites (tertiary alicyclic amines) is 1. The highest BCUT2D eigenvalue weighted by Crippen LogP contribution is 2.47. The molecule has 37 heavy (non-hydrogen) atoms. The molecule has 12 heteroatoms. The summed E-state index contributed by atoms with van der Waals surface area (Å²) in [4.78, 5) is 19.1. The van der Waals surface area contributed by atoms with Crippen LogP contribution in [0.2, 0.25) is 5.02 Å². The molecule has 2 fully saturated rings. The zero-order chi connectivity index (χ0) is 26.7. The van der Waals surface area contributed by atoms with E-state index in [2.05, 4.69) is 9.55 Å². The molecule has 1 saturated heterocycles. The van der Waals surface area contributed by atoms with Crippen LogP contribution in [0.4, 0.5) is 13.2 Å². The maximum atomic E-state index is 13.5. The summed E-state index contributed by atoms with van der Waals surface area (Å²) < 4.78 is 67.1. The minimum atomic E-state index is -5.72. The quantitative estimate of drug-likeness (QED) is 0.504. The van der Waals surface area contributed by atoms with Gasteiger partial charge in [0.25, 0.3) is 0 Å². The Bertz CT molecular complexity index is 1140. The first-order chi connectivity index (χ1) is 17.5. The number of amides is 1. The Kier molecular flexibility index (Phi) is 8.55. The first-order valence-corrected chi connectivity index (χ1v) is 14.4. The summed E-state index contributed by atoms with van der Waals surface area (Å²) in [7, 11) is -5.72. The Morgan fingerprint density at radius 2 is 1.78 bits per heavy atom. The van der Waals surface area contributed by atoms with E-state index in [9.17, 15) is 26.4 Å². The number of imidazole rings is 1. The SMILES string of the molecule is O=C([C@H](Cc1ccc(Cl)cc1)NS(=O)(=O)C(F)(F)F)N1CCC(Cn2ccnc2)(C2CCCCC2)CC1. The van der Waals surface area contributed by atoms with Crippen LogP contribution in [0.25, 0.3) is 0 Å². The first kappa shape index (κ1) is 27.9. The molecule has 0 unspecified atom stereocenters. The van der Waals surface area contributed by atoms with Gasteiger partial charge in [0, 0.05) is 37.1 Å². The number of carbonyl (C=O) groups excluding carboxylic acids is 1. The maximum absolute atomic E-state index is 13.5. The summed E-state index contributed by atoms with van der Waals surface area (Å²) >= 11 is 5.90. The van der Waals surface area contributed by atoms with Gasteiger partial charge in [-0.2, -0.15) is 17.9 Å². The van der Waals surface area contributed by atoms with E-state index in [0.717, 1.165) is 19.4 Å². The molecule has 0 radical (unpaired) electrons. The number of hydrogen-bond donors (Lipinski definition) is 1. The molecule has 1 aliphatic heterocycles. The van der Waals surface area contributed by atoms with Crippen molar-refractivity contribution in [1.29, 1.82) is 0 Å². The van der Waals surface area contributed by atoms with Crippen LogP contribution in [-0.2, 0) is 27.8 Å². The van der Waals surface area contributed by atoms with Crippen LogP contribution in [0, 0.1) is 11.3 Å². The van der Waals surface area contributed by atoms with Crippen molar-refractivity contribution >= 4 is 27.5 Å². The van der Waals surface area contributed by atoms with Crippen LogP contribution >= 0.6 is 11.6 Å². The number of benzene rings is 1. The number of nitrogens with zero attached hydrogens (tertiary/aromatic N) is 3. The molecule has 1 atom stereocenters. The number of alkyl halides is 3. The van der Waals surface area contributed by atoms with E-state index < -0.39 is 27.5 Å². The van der Waals surface area contributed by atoms with Gasteiger partial charge >= 0.3 is 15.5 Å². The van der Waals surface area contributed by atoms with Gasteiger partial charge in [-0.25, -0.2) is 13.4 Å². The lowest BCUT2D eigenvalue weighted by atomic mass is 9.63. The van der Waals surface area contributed by atoms with E-state index in [1.807, 2.05) is 6.20 Å². The summed E-state index contributed by atoms with van der Waals surface area (Å²) in [6, 6.07) is 4.65. The molecule has 1 aliphatic carbocycles. The Morgan fingerprint density at radius 3 is 2.35 bits per heavy atom. The largest absolute Gasteiger partial charge is 0.511 e. The molecule has 0 bridgehead atoms. The second-order valence-corrected chi connectivity index (χ2v) is 12.3. The smallest absolute Gasteiger partial charge is 0.341 e. The number of carbonyl (C=O) groups is 1. The van der Waals surface area contributed by atoms with Gasteiger partial charge in [-0.3, -0.25) is 4.79 Å². The third-order valence-electron chi connectivity index (χ3n) is 7.85. The van der Waals surface area contributed by atoms with Crippen molar-refractivity contribution in [3.63, 3.8) is 0 Å². The number of hydrogen-bond acceptors (Lipinski definition) is 4. The summed E-state index contributed by atoms with van der Waals surface area (Å²) in [5.41, 5.74) is -5.06. The number of sulfonamides is 1. The normalized spacial score (nSPS) is 20.1. The van der Waals surface area contributed by atoms with Gasteiger partial charge in [0.1, 0.15) is 6.04 Å². The highest BCUT2D eigenvalue weighted by Gasteiger charge is 2.49. The molecule has 0 spiro atoms. The van der Waals surface area contributed by atoms with Gasteiger partial charge in [-0.15, -0.1) is 0 Å². The summed E-state index contributed by atoms with van der Waals surface area (Å²) in [5, 5.41) is 0.426. The highest BCUT2D eigenvalue weighted by atomic mass is 35.5. The number of piperidine rings is 1. The fourth-order valence-corrected chi connectivity index (χ4v) is 6.66. The average Bonchev–Trinajstić information content (AvgIpc) is 3.37. The fourth-order valence-electron chi connectivity index (χ4n) is 5.84. The Hall–Kier alpha value is -2.11. The van der Waals surface area contributed by atoms with Crippen LogP contribution in [0.15, 0.2) is 43.0 Å². The van der Waals surface area contributed by atoms with E-state index in [1.165, 1.54) is 24.2 Å². The average molecular weight is 561 g/mol. The molecule has 2 heterocycles. The molecule has 1 saturated carbocycles. The van der Waals surface area contributed by atoms with Gasteiger partial charge in [-0.1, -0.05) is 43.0 Å². The second-order valence-electron chi connectivity index (χ2n) is 10.2. The molecule has 4 rings (SSSR count). The summed E-state index contributed by atoms with van der Waals surface area (Å²) in [5.74, 6) is -0.155. The number of halogens is 4. The third kappa shape index (κ3) is 6.67. The molecular weight excluding hydrogens is 529 g/mol. The van der Waals surface area contributed by atoms with Crippen LogP contribution in [0.1, 0.15) is 50.5 Å². The van der Waals surface area contributed by atoms with E-state index in [0.29, 0.717) is 42.4 Å². The van der Waals surface area contributed by atoms with Crippen LogP contribution in [0.5, 0.6) is 0 Å². The van der Waals surface area contributed by atoms with E-state index in [4.69, 9.17) is 11.6 Å². The fraction of sp³-hybridized carbons (Fsp3) is 0.600. The topological polar surface area (TPSA) is 84.3 Å². The van der Waals surface area contributed by atoms with Gasteiger partial charge in [0.2, 0.25) is 5.91 Å². The standard InChI is InChI=1S/C25H32ClF3N4O3S/c26-21-8-6-19(7-9-21)16-22(31-37(35,36)25(27,28)29)23(34)33-13-10-24(11-14-33,17-32-15-12-30-18-32)20-4-2-1-3-5-20/h6-9,12,15,18,20,22,31H,1-5,10-11,13-14,16-17H2/t22-/m0/s1. The van der Waals surface area contributed by atoms with Gasteiger partial charge in [0.05, 0.1) is 6.33 Å². The van der Waals surface area contributed by atoms with Gasteiger partial charge in [-0.05, 0) is 61.1 Å². The lowest BCUT2D eigenvalue weighted by molar-refractivity contribution is -0.136. The van der Waals surface area contributed by atoms with Gasteiger partial charge in [0.15, 0.2) is 0 Å². The Morgan fingerprint density at radius 1 is 1.14 bits per heavy atom. The highest BCUT2D eigenvalue weighted by molar-refractivity contribution is 7.90. The molecule has 2 aliphatic rings. The molecule has 1 aromatic carbocycles. The summed E-state index contributed by atoms with van der Waals surface area (Å²) in [6.45, 7) is 1.48. The maximum Gasteiger partial charge on any atom is 0.511 e. The minimum Gasteiger partial charge on any atom is -0.341 e. The third-order valence-corrected chi connectivity index (χ3v) is 9.31. The van der Waals surface area contributed by atoms with Crippen molar-refractivity contribution in [2.75, 3.05) is 13.1 Å². The Balaban J connectivity index is 1.52. The number of rotatable bonds is 8. The van der Waals surface area contributed by atoms with Crippen LogP contribution < -0.4 is 4.72 Å². The number of nitrogens with one attached hydrogen (secondary N) is 1. The van der Waals surface area contributed by atoms with Crippen LogP contribution in [-0.4, -0.2) is 53.4 Å². The molecule has 1 N–H and O–H groups in total. The molecule has 1 aromatic heterocycles. The first-order valence-electron chi connectivity index (χ1n) is 12.6. The molecule has 2 aromatic rings. The monoisotopic (exact) mass is 560 g/mol. The second kappa shape index (κ2) is 11.3.